The van der Waals surface area contributed by atoms with E-state index in [1.807, 2.05) is 18.2 Å². The first-order valence-electron chi connectivity index (χ1n) is 7.03. The van der Waals surface area contributed by atoms with Gasteiger partial charge in [0.15, 0.2) is 0 Å². The Kier molecular flexibility index (Phi) is 8.03. The molecule has 1 saturated carbocycles. The molecule has 21 heavy (non-hydrogen) atoms. The van der Waals surface area contributed by atoms with Crippen LogP contribution in [-0.4, -0.2) is 18.5 Å². The molecule has 1 aromatic carbocycles. The van der Waals surface area contributed by atoms with Gasteiger partial charge in [-0.25, -0.2) is 0 Å². The molecule has 1 amide bonds. The van der Waals surface area contributed by atoms with E-state index in [9.17, 15) is 4.79 Å². The Morgan fingerprint density at radius 3 is 2.90 bits per heavy atom. The maximum atomic E-state index is 12.0. The molecule has 2 rings (SSSR count). The number of amides is 1. The van der Waals surface area contributed by atoms with Crippen LogP contribution in [0.3, 0.4) is 0 Å². The summed E-state index contributed by atoms with van der Waals surface area (Å²) < 4.78 is 0.996. The molecule has 1 aliphatic carbocycles. The zero-order chi connectivity index (χ0) is 14.5. The van der Waals surface area contributed by atoms with Crippen molar-refractivity contribution in [3.05, 3.63) is 33.3 Å². The predicted octanol–water partition coefficient (Wildman–Crippen LogP) is 3.70. The predicted molar refractivity (Wildman–Crippen MR) is 93.0 cm³/mol. The number of carbonyl (C=O) groups is 1. The van der Waals surface area contributed by atoms with Gasteiger partial charge in [0.25, 0.3) is 0 Å². The molecule has 0 heterocycles. The van der Waals surface area contributed by atoms with Crippen LogP contribution in [0.1, 0.15) is 31.2 Å². The summed E-state index contributed by atoms with van der Waals surface area (Å²) in [6.45, 7) is 0.658. The summed E-state index contributed by atoms with van der Waals surface area (Å²) in [5, 5.41) is 3.81. The highest BCUT2D eigenvalue weighted by atomic mass is 79.9. The van der Waals surface area contributed by atoms with Crippen LogP contribution in [-0.2, 0) is 11.2 Å². The van der Waals surface area contributed by atoms with E-state index < -0.39 is 0 Å². The monoisotopic (exact) mass is 394 g/mol. The number of rotatable bonds is 5. The van der Waals surface area contributed by atoms with Crippen LogP contribution in [0.4, 0.5) is 0 Å². The quantitative estimate of drug-likeness (QED) is 0.798. The highest BCUT2D eigenvalue weighted by Crippen LogP contribution is 2.25. The largest absolute Gasteiger partial charge is 0.353 e. The molecule has 0 spiro atoms. The summed E-state index contributed by atoms with van der Waals surface area (Å²) in [6.07, 6.45) is 4.50. The van der Waals surface area contributed by atoms with Gasteiger partial charge in [-0.05, 0) is 55.5 Å². The Bertz CT molecular complexity index is 485. The normalized spacial score (nSPS) is 20.9. The van der Waals surface area contributed by atoms with E-state index >= 15 is 0 Å². The van der Waals surface area contributed by atoms with Gasteiger partial charge in [-0.3, -0.25) is 4.79 Å². The van der Waals surface area contributed by atoms with Crippen molar-refractivity contribution < 1.29 is 4.79 Å². The topological polar surface area (TPSA) is 55.1 Å². The fourth-order valence-electron chi connectivity index (χ4n) is 2.77. The van der Waals surface area contributed by atoms with Crippen molar-refractivity contribution in [1.82, 2.24) is 5.32 Å². The summed E-state index contributed by atoms with van der Waals surface area (Å²) in [5.41, 5.74) is 6.79. The number of halogens is 3. The molecule has 1 fully saturated rings. The molecule has 118 valence electrons. The summed E-state index contributed by atoms with van der Waals surface area (Å²) in [7, 11) is 0. The van der Waals surface area contributed by atoms with Crippen molar-refractivity contribution in [3.8, 4) is 0 Å². The van der Waals surface area contributed by atoms with Crippen molar-refractivity contribution in [2.45, 2.75) is 38.1 Å². The number of hydrogen-bond donors (Lipinski definition) is 2. The minimum atomic E-state index is 0. The number of nitrogens with one attached hydrogen (secondary N) is 1. The number of nitrogens with two attached hydrogens (primary N) is 1. The molecular weight excluding hydrogens is 375 g/mol. The van der Waals surface area contributed by atoms with E-state index in [2.05, 4.69) is 21.2 Å². The van der Waals surface area contributed by atoms with Gasteiger partial charge in [-0.15, -0.1) is 12.4 Å². The average molecular weight is 396 g/mol. The standard InChI is InChI=1S/C15H20BrClN2O.ClH/c16-13-6-5-12(17)8-10(13)4-7-15(20)19-14-3-1-2-11(14)9-18;/h5-6,8,11,14H,1-4,7,9,18H2,(H,19,20);1H. The third-order valence-corrected chi connectivity index (χ3v) is 4.95. The third kappa shape index (κ3) is 5.44. The van der Waals surface area contributed by atoms with Crippen molar-refractivity contribution in [2.75, 3.05) is 6.54 Å². The Morgan fingerprint density at radius 1 is 1.43 bits per heavy atom. The molecule has 1 aliphatic rings. The number of carbonyl (C=O) groups excluding carboxylic acids is 1. The Labute approximate surface area is 145 Å². The van der Waals surface area contributed by atoms with Gasteiger partial charge in [-0.2, -0.15) is 0 Å². The highest BCUT2D eigenvalue weighted by Gasteiger charge is 2.27. The number of hydrogen-bond acceptors (Lipinski definition) is 2. The lowest BCUT2D eigenvalue weighted by atomic mass is 10.0. The summed E-state index contributed by atoms with van der Waals surface area (Å²) in [5.74, 6) is 0.541. The van der Waals surface area contributed by atoms with Gasteiger partial charge in [0.1, 0.15) is 0 Å². The first-order chi connectivity index (χ1) is 9.60. The van der Waals surface area contributed by atoms with Crippen LogP contribution >= 0.6 is 39.9 Å². The van der Waals surface area contributed by atoms with E-state index in [0.717, 1.165) is 29.3 Å². The smallest absolute Gasteiger partial charge is 0.220 e. The first kappa shape index (κ1) is 18.8. The molecule has 6 heteroatoms. The van der Waals surface area contributed by atoms with E-state index in [1.165, 1.54) is 0 Å². The molecule has 3 nitrogen and oxygen atoms in total. The summed E-state index contributed by atoms with van der Waals surface area (Å²) in [4.78, 5) is 12.0. The maximum Gasteiger partial charge on any atom is 0.220 e. The second-order valence-electron chi connectivity index (χ2n) is 5.34. The molecular formula is C15H21BrCl2N2O. The van der Waals surface area contributed by atoms with E-state index in [-0.39, 0.29) is 24.4 Å². The summed E-state index contributed by atoms with van der Waals surface area (Å²) >= 11 is 9.45. The molecule has 3 N–H and O–H groups in total. The van der Waals surface area contributed by atoms with E-state index in [1.54, 1.807) is 0 Å². The van der Waals surface area contributed by atoms with Crippen LogP contribution in [0.15, 0.2) is 22.7 Å². The van der Waals surface area contributed by atoms with Gasteiger partial charge in [-0.1, -0.05) is 34.0 Å². The van der Waals surface area contributed by atoms with Crippen molar-refractivity contribution in [1.29, 1.82) is 0 Å². The molecule has 0 aromatic heterocycles. The van der Waals surface area contributed by atoms with Crippen LogP contribution < -0.4 is 11.1 Å². The van der Waals surface area contributed by atoms with Crippen molar-refractivity contribution in [3.63, 3.8) is 0 Å². The summed E-state index contributed by atoms with van der Waals surface area (Å²) in [6, 6.07) is 5.91. The minimum Gasteiger partial charge on any atom is -0.353 e. The number of benzene rings is 1. The van der Waals surface area contributed by atoms with Gasteiger partial charge in [0, 0.05) is 22.0 Å². The second kappa shape index (κ2) is 8.99. The van der Waals surface area contributed by atoms with Crippen LogP contribution in [0.25, 0.3) is 0 Å². The molecule has 0 bridgehead atoms. The van der Waals surface area contributed by atoms with E-state index in [0.29, 0.717) is 30.3 Å². The minimum absolute atomic E-state index is 0. The van der Waals surface area contributed by atoms with Gasteiger partial charge < -0.3 is 11.1 Å². The molecule has 0 aliphatic heterocycles. The molecule has 1 aromatic rings. The van der Waals surface area contributed by atoms with E-state index in [4.69, 9.17) is 17.3 Å². The van der Waals surface area contributed by atoms with Crippen molar-refractivity contribution >= 4 is 45.8 Å². The van der Waals surface area contributed by atoms with Crippen LogP contribution in [0, 0.1) is 5.92 Å². The fourth-order valence-corrected chi connectivity index (χ4v) is 3.41. The van der Waals surface area contributed by atoms with Crippen LogP contribution in [0.2, 0.25) is 5.02 Å². The maximum absolute atomic E-state index is 12.0. The Morgan fingerprint density at radius 2 is 2.19 bits per heavy atom. The average Bonchev–Trinajstić information content (AvgIpc) is 2.87. The van der Waals surface area contributed by atoms with Gasteiger partial charge in [0.2, 0.25) is 5.91 Å². The lowest BCUT2D eigenvalue weighted by Crippen LogP contribution is -2.39. The zero-order valence-electron chi connectivity index (χ0n) is 11.8. The fraction of sp³-hybridized carbons (Fsp3) is 0.533. The molecule has 0 saturated heterocycles. The van der Waals surface area contributed by atoms with Crippen LogP contribution in [0.5, 0.6) is 0 Å². The first-order valence-corrected chi connectivity index (χ1v) is 8.20. The van der Waals surface area contributed by atoms with Gasteiger partial charge >= 0.3 is 0 Å². The zero-order valence-corrected chi connectivity index (χ0v) is 14.9. The Balaban J connectivity index is 0.00000220. The number of aryl methyl sites for hydroxylation is 1. The lowest BCUT2D eigenvalue weighted by Gasteiger charge is -2.19. The molecule has 0 radical (unpaired) electrons. The third-order valence-electron chi connectivity index (χ3n) is 3.94. The molecule has 2 atom stereocenters. The SMILES string of the molecule is Cl.NCC1CCCC1NC(=O)CCc1cc(Cl)ccc1Br. The highest BCUT2D eigenvalue weighted by molar-refractivity contribution is 9.10. The lowest BCUT2D eigenvalue weighted by molar-refractivity contribution is -0.122. The second-order valence-corrected chi connectivity index (χ2v) is 6.63. The van der Waals surface area contributed by atoms with Crippen molar-refractivity contribution in [2.24, 2.45) is 11.7 Å². The molecule has 2 unspecified atom stereocenters. The Hall–Kier alpha value is -0.290. The van der Waals surface area contributed by atoms with Gasteiger partial charge in [0.05, 0.1) is 0 Å².